The van der Waals surface area contributed by atoms with E-state index in [4.69, 9.17) is 39.9 Å². The van der Waals surface area contributed by atoms with Crippen LogP contribution in [0.3, 0.4) is 0 Å². The Morgan fingerprint density at radius 1 is 0.188 bits per heavy atom. The minimum absolute atomic E-state index is 0.0483. The molecule has 0 radical (unpaired) electrons. The normalized spacial score (nSPS) is 13.4. The van der Waals surface area contributed by atoms with Gasteiger partial charge in [0.15, 0.2) is 11.6 Å². The second kappa shape index (κ2) is 30.6. The van der Waals surface area contributed by atoms with E-state index in [9.17, 15) is 0 Å². The summed E-state index contributed by atoms with van der Waals surface area (Å²) in [6.45, 7) is 13.9. The van der Waals surface area contributed by atoms with E-state index in [1.165, 1.54) is 99.5 Å². The summed E-state index contributed by atoms with van der Waals surface area (Å²) in [6, 6.07) is 140. The maximum Gasteiger partial charge on any atom is 0.238 e. The molecular formula is C121H86N12. The Balaban J connectivity index is 0.000000108. The fourth-order valence-corrected chi connectivity index (χ4v) is 21.4. The molecule has 0 bridgehead atoms. The van der Waals surface area contributed by atoms with Gasteiger partial charge in [-0.2, -0.15) is 9.97 Å². The van der Waals surface area contributed by atoms with Crippen LogP contribution in [0.4, 0.5) is 0 Å². The maximum absolute atomic E-state index is 5.27. The number of pyridine rings is 3. The van der Waals surface area contributed by atoms with Gasteiger partial charge >= 0.3 is 0 Å². The fraction of sp³-hybridized carbons (Fsp3) is 0.0744. The van der Waals surface area contributed by atoms with E-state index in [0.29, 0.717) is 23.5 Å². The number of para-hydroxylation sites is 2. The van der Waals surface area contributed by atoms with Crippen LogP contribution in [0, 0.1) is 0 Å². The largest absolute Gasteiger partial charge is 0.309 e. The number of fused-ring (bicyclic) bond motifs is 21. The predicted octanol–water partition coefficient (Wildman–Crippen LogP) is 29.5. The molecule has 0 fully saturated rings. The highest BCUT2D eigenvalue weighted by Crippen LogP contribution is 2.55. The number of benzene rings is 15. The van der Waals surface area contributed by atoms with Gasteiger partial charge in [-0.05, 0) is 216 Å². The van der Waals surface area contributed by atoms with E-state index in [2.05, 4.69) is 387 Å². The van der Waals surface area contributed by atoms with Crippen LogP contribution in [0.15, 0.2) is 413 Å². The first kappa shape index (κ1) is 78.3. The molecule has 3 aliphatic rings. The number of aromatic nitrogens is 12. The van der Waals surface area contributed by atoms with Gasteiger partial charge in [-0.1, -0.05) is 308 Å². The van der Waals surface area contributed by atoms with Crippen LogP contribution in [-0.4, -0.2) is 58.1 Å². The maximum atomic E-state index is 5.27. The van der Waals surface area contributed by atoms with Crippen molar-refractivity contribution in [3.05, 3.63) is 446 Å². The molecule has 0 saturated heterocycles. The van der Waals surface area contributed by atoms with Gasteiger partial charge in [-0.3, -0.25) is 24.1 Å². The van der Waals surface area contributed by atoms with Crippen LogP contribution >= 0.6 is 0 Å². The molecule has 0 unspecified atom stereocenters. The Bertz CT molecular complexity index is 8630. The van der Waals surface area contributed by atoms with Gasteiger partial charge in [0.05, 0.1) is 72.1 Å². The number of nitrogens with zero attached hydrogens (tertiary/aromatic N) is 12. The van der Waals surface area contributed by atoms with Crippen LogP contribution < -0.4 is 0 Å². The fourth-order valence-electron chi connectivity index (χ4n) is 21.4. The zero-order valence-electron chi connectivity index (χ0n) is 74.1. The number of hydrogen-bond donors (Lipinski definition) is 0. The first-order chi connectivity index (χ1) is 65.2. The summed E-state index contributed by atoms with van der Waals surface area (Å²) in [5.74, 6) is 2.40. The third-order valence-corrected chi connectivity index (χ3v) is 27.9. The lowest BCUT2D eigenvalue weighted by molar-refractivity contribution is 0.661. The summed E-state index contributed by atoms with van der Waals surface area (Å²) in [4.78, 5) is 40.7. The van der Waals surface area contributed by atoms with Crippen molar-refractivity contribution >= 4 is 87.6 Å². The molecule has 3 aliphatic carbocycles. The van der Waals surface area contributed by atoms with Crippen LogP contribution in [0.2, 0.25) is 0 Å². The van der Waals surface area contributed by atoms with E-state index < -0.39 is 0 Å². The van der Waals surface area contributed by atoms with E-state index in [-0.39, 0.29) is 16.2 Å². The Labute approximate surface area is 768 Å². The molecule has 9 aromatic heterocycles. The Hall–Kier alpha value is -17.0. The molecule has 0 N–H and O–H groups in total. The van der Waals surface area contributed by atoms with E-state index >= 15 is 0 Å². The summed E-state index contributed by atoms with van der Waals surface area (Å²) in [6.07, 6.45) is 5.65. The molecule has 27 rings (SSSR count). The topological polar surface area (TPSA) is 123 Å². The Kier molecular flexibility index (Phi) is 18.0. The van der Waals surface area contributed by atoms with E-state index in [1.807, 2.05) is 85.3 Å². The highest BCUT2D eigenvalue weighted by Gasteiger charge is 2.40. The minimum atomic E-state index is -0.135. The van der Waals surface area contributed by atoms with Crippen molar-refractivity contribution in [2.45, 2.75) is 57.8 Å². The third-order valence-electron chi connectivity index (χ3n) is 27.9. The molecule has 0 amide bonds. The third kappa shape index (κ3) is 12.6. The van der Waals surface area contributed by atoms with Crippen molar-refractivity contribution in [3.63, 3.8) is 0 Å². The van der Waals surface area contributed by atoms with Gasteiger partial charge in [-0.25, -0.2) is 15.0 Å². The average Bonchev–Trinajstić information content (AvgIpc) is 1.54. The van der Waals surface area contributed by atoms with E-state index in [0.717, 1.165) is 122 Å². The predicted molar refractivity (Wildman–Crippen MR) is 544 cm³/mol. The lowest BCUT2D eigenvalue weighted by Gasteiger charge is -2.21. The summed E-state index contributed by atoms with van der Waals surface area (Å²) in [5.41, 5.74) is 39.7. The van der Waals surface area contributed by atoms with E-state index in [1.54, 1.807) is 0 Å². The van der Waals surface area contributed by atoms with Crippen molar-refractivity contribution in [2.75, 3.05) is 0 Å². The Morgan fingerprint density at radius 3 is 0.880 bits per heavy atom. The molecule has 9 heterocycles. The van der Waals surface area contributed by atoms with Crippen molar-refractivity contribution in [1.29, 1.82) is 0 Å². The first-order valence-corrected chi connectivity index (χ1v) is 45.5. The highest BCUT2D eigenvalue weighted by atomic mass is 15.2. The molecule has 0 atom stereocenters. The highest BCUT2D eigenvalue weighted by molar-refractivity contribution is 6.13. The van der Waals surface area contributed by atoms with Crippen molar-refractivity contribution in [1.82, 2.24) is 58.1 Å². The van der Waals surface area contributed by atoms with Crippen molar-refractivity contribution in [3.8, 4) is 124 Å². The molecule has 12 nitrogen and oxygen atoms in total. The first-order valence-electron chi connectivity index (χ1n) is 45.5. The van der Waals surface area contributed by atoms with Gasteiger partial charge in [0.2, 0.25) is 11.9 Å². The molecule has 0 spiro atoms. The van der Waals surface area contributed by atoms with Gasteiger partial charge < -0.3 is 9.13 Å². The van der Waals surface area contributed by atoms with Crippen molar-refractivity contribution in [2.24, 2.45) is 0 Å². The summed E-state index contributed by atoms with van der Waals surface area (Å²) < 4.78 is 9.10. The van der Waals surface area contributed by atoms with Crippen LogP contribution in [-0.2, 0) is 16.2 Å². The molecule has 12 heteroatoms. The van der Waals surface area contributed by atoms with Crippen molar-refractivity contribution < 1.29 is 0 Å². The summed E-state index contributed by atoms with van der Waals surface area (Å²) >= 11 is 0. The average molecular weight is 1710 g/mol. The SMILES string of the molecule is CC1(C)c2ccccc2-c2cc3c(cc21)c1ncccc1n3-c1ccc(-n2c3ccccc3c3ccccc32)cc1.CC1(C)c2ccccc2-c2cc3c(cc21)c1ncccc1n3-c1nc(-c2cccc(-c3ccccc3)c2)nc(-c2cccc(-c3ccccc3)c2)n1.CC1(C)c2ccccc2-c2cc3c(cc21)c1ncccc1n3-c1nc(-c2ccccc2)cc(-c2ccccc2)n1. The smallest absolute Gasteiger partial charge is 0.238 e. The van der Waals surface area contributed by atoms with Crippen LogP contribution in [0.1, 0.15) is 74.9 Å². The molecule has 15 aromatic carbocycles. The molecule has 630 valence electrons. The Morgan fingerprint density at radius 2 is 0.489 bits per heavy atom. The zero-order chi connectivity index (χ0) is 89.0. The standard InChI is InChI=1S/C47H33N5.C38H27N3.C36H26N4/c1-47(2)39-23-10-9-22-36(39)37-29-42-38(28-40(37)47)43-41(24-13-25-48-43)52(42)46-50-44(34-20-11-18-32(26-34)30-14-5-3-6-15-30)49-45(51-46)35-21-12-19-33(27-35)31-16-7-4-8-17-31;1-38(2)31-13-6-3-10-26(31)29-23-36-30(22-32(29)38)37-35(16-9-21-39-37)41(36)25-19-17-24(18-20-25)40-33-14-7-4-11-27(33)28-12-5-8-15-34(28)40;1-36(2)28-17-10-9-16-25(28)26-21-33-27(20-29(26)36)34-32(18-11-19-37-34)40(33)35-38-30(23-12-5-3-6-13-23)22-31(39-35)24-14-7-4-8-15-24/h3-29H,1-2H3;3-23H,1-2H3;3-22H,1-2H3. The van der Waals surface area contributed by atoms with Crippen LogP contribution in [0.5, 0.6) is 0 Å². The quantitative estimate of drug-likeness (QED) is 0.133. The summed E-state index contributed by atoms with van der Waals surface area (Å²) in [5, 5.41) is 5.95. The molecule has 0 aliphatic heterocycles. The second-order valence-corrected chi connectivity index (χ2v) is 36.6. The number of hydrogen-bond acceptors (Lipinski definition) is 8. The lowest BCUT2D eigenvalue weighted by atomic mass is 9.82. The van der Waals surface area contributed by atoms with Gasteiger partial charge in [0.1, 0.15) is 0 Å². The second-order valence-electron chi connectivity index (χ2n) is 36.6. The van der Waals surface area contributed by atoms with Gasteiger partial charge in [0, 0.05) is 95.4 Å². The molecule has 24 aromatic rings. The molecule has 0 saturated carbocycles. The molecule has 133 heavy (non-hydrogen) atoms. The van der Waals surface area contributed by atoms with Crippen LogP contribution in [0.25, 0.3) is 212 Å². The minimum Gasteiger partial charge on any atom is -0.309 e. The monoisotopic (exact) mass is 1710 g/mol. The van der Waals surface area contributed by atoms with Gasteiger partial charge in [-0.15, -0.1) is 0 Å². The molecular weight excluding hydrogens is 1620 g/mol. The zero-order valence-corrected chi connectivity index (χ0v) is 74.1. The van der Waals surface area contributed by atoms with Gasteiger partial charge in [0.25, 0.3) is 0 Å². The number of rotatable bonds is 10. The lowest BCUT2D eigenvalue weighted by Crippen LogP contribution is -2.14. The summed E-state index contributed by atoms with van der Waals surface area (Å²) in [7, 11) is 0.